The average Bonchev–Trinajstić information content (AvgIpc) is 3.02. The molecule has 1 unspecified atom stereocenters. The molecule has 7 nitrogen and oxygen atoms in total. The summed E-state index contributed by atoms with van der Waals surface area (Å²) in [6.07, 6.45) is 3.39. The van der Waals surface area contributed by atoms with Crippen molar-refractivity contribution in [2.24, 2.45) is 5.73 Å². The van der Waals surface area contributed by atoms with Crippen LogP contribution in [0.5, 0.6) is 5.75 Å². The highest BCUT2D eigenvalue weighted by Gasteiger charge is 2.29. The predicted molar refractivity (Wildman–Crippen MR) is 201 cm³/mol. The van der Waals surface area contributed by atoms with Gasteiger partial charge in [0.15, 0.2) is 0 Å². The summed E-state index contributed by atoms with van der Waals surface area (Å²) in [6.45, 7) is 15.3. The zero-order valence-electron chi connectivity index (χ0n) is 27.4. The molecule has 0 spiro atoms. The summed E-state index contributed by atoms with van der Waals surface area (Å²) < 4.78 is 5.71. The highest BCUT2D eigenvalue weighted by atomic mass is 35.5. The van der Waals surface area contributed by atoms with Gasteiger partial charge in [0.05, 0.1) is 7.11 Å². The number of fused-ring (bicyclic) bond motifs is 1. The molecule has 46 heavy (non-hydrogen) atoms. The Morgan fingerprint density at radius 3 is 2.09 bits per heavy atom. The summed E-state index contributed by atoms with van der Waals surface area (Å²) in [5.41, 5.74) is 8.79. The van der Waals surface area contributed by atoms with Gasteiger partial charge in [-0.25, -0.2) is 0 Å². The molecular formula is C35H53Cl4N5O2. The van der Waals surface area contributed by atoms with Crippen molar-refractivity contribution in [3.05, 3.63) is 77.4 Å². The van der Waals surface area contributed by atoms with Crippen molar-refractivity contribution >= 4 is 66.3 Å². The summed E-state index contributed by atoms with van der Waals surface area (Å²) in [5, 5.41) is 2.60. The van der Waals surface area contributed by atoms with Crippen LogP contribution in [0.15, 0.2) is 60.7 Å². The first kappa shape index (κ1) is 42.2. The Kier molecular flexibility index (Phi) is 18.8. The first-order valence-electron chi connectivity index (χ1n) is 15.8. The highest BCUT2D eigenvalue weighted by Crippen LogP contribution is 2.30. The Hall–Kier alpha value is -1.81. The van der Waals surface area contributed by atoms with Crippen LogP contribution in [0.2, 0.25) is 0 Å². The maximum atomic E-state index is 12.0. The highest BCUT2D eigenvalue weighted by molar-refractivity contribution is 5.93. The zero-order valence-corrected chi connectivity index (χ0v) is 30.7. The molecule has 1 atom stereocenters. The van der Waals surface area contributed by atoms with Crippen molar-refractivity contribution < 1.29 is 9.53 Å². The predicted octanol–water partition coefficient (Wildman–Crippen LogP) is 6.34. The molecule has 3 aromatic carbocycles. The third-order valence-corrected chi connectivity index (χ3v) is 9.34. The summed E-state index contributed by atoms with van der Waals surface area (Å²) in [6, 6.07) is 21.7. The topological polar surface area (TPSA) is 65.3 Å². The molecule has 2 fully saturated rings. The molecule has 5 rings (SSSR count). The third-order valence-electron chi connectivity index (χ3n) is 9.34. The first-order valence-corrected chi connectivity index (χ1v) is 15.8. The maximum Gasteiger partial charge on any atom is 0.248 e. The molecule has 0 radical (unpaired) electrons. The lowest BCUT2D eigenvalue weighted by atomic mass is 9.99. The molecule has 2 aliphatic heterocycles. The number of carbonyl (C=O) groups is 1. The SMILES string of the molecule is COc1ccc2ccccc2c1CCCCN1CCN(CC(c2cccc(C(N)=O)c2)N2CCN(C(C)C)CC2)CC1.Cl.Cl.Cl.Cl. The number of nitrogens with two attached hydrogens (primary N) is 1. The van der Waals surface area contributed by atoms with Crippen molar-refractivity contribution in [3.8, 4) is 5.75 Å². The normalized spacial score (nSPS) is 16.9. The smallest absolute Gasteiger partial charge is 0.248 e. The van der Waals surface area contributed by atoms with E-state index in [1.165, 1.54) is 28.3 Å². The lowest BCUT2D eigenvalue weighted by Gasteiger charge is -2.43. The van der Waals surface area contributed by atoms with Gasteiger partial charge in [0.25, 0.3) is 0 Å². The molecule has 11 heteroatoms. The molecule has 2 aliphatic rings. The minimum Gasteiger partial charge on any atom is -0.496 e. The summed E-state index contributed by atoms with van der Waals surface area (Å²) >= 11 is 0. The number of aryl methyl sites for hydroxylation is 1. The van der Waals surface area contributed by atoms with Crippen molar-refractivity contribution in [3.63, 3.8) is 0 Å². The molecule has 2 heterocycles. The van der Waals surface area contributed by atoms with E-state index >= 15 is 0 Å². The van der Waals surface area contributed by atoms with E-state index in [9.17, 15) is 4.79 Å². The molecule has 2 N–H and O–H groups in total. The van der Waals surface area contributed by atoms with Gasteiger partial charge in [0.2, 0.25) is 5.91 Å². The summed E-state index contributed by atoms with van der Waals surface area (Å²) in [5.74, 6) is 0.650. The van der Waals surface area contributed by atoms with Gasteiger partial charge < -0.3 is 15.4 Å². The van der Waals surface area contributed by atoms with Crippen LogP contribution in [0.1, 0.15) is 54.2 Å². The van der Waals surface area contributed by atoms with Crippen molar-refractivity contribution in [1.82, 2.24) is 19.6 Å². The van der Waals surface area contributed by atoms with Gasteiger partial charge in [0.1, 0.15) is 5.75 Å². The quantitative estimate of drug-likeness (QED) is 0.221. The average molecular weight is 718 g/mol. The Labute approximate surface area is 300 Å². The van der Waals surface area contributed by atoms with E-state index in [0.717, 1.165) is 84.0 Å². The number of primary amides is 1. The van der Waals surface area contributed by atoms with Crippen molar-refractivity contribution in [1.29, 1.82) is 0 Å². The number of carbonyl (C=O) groups excluding carboxylic acids is 1. The molecule has 2 saturated heterocycles. The number of methoxy groups -OCH3 is 1. The monoisotopic (exact) mass is 715 g/mol. The second-order valence-corrected chi connectivity index (χ2v) is 12.2. The van der Waals surface area contributed by atoms with Gasteiger partial charge in [-0.3, -0.25) is 19.5 Å². The van der Waals surface area contributed by atoms with E-state index in [-0.39, 0.29) is 61.6 Å². The number of rotatable bonds is 12. The fourth-order valence-corrected chi connectivity index (χ4v) is 6.74. The van der Waals surface area contributed by atoms with Crippen LogP contribution in [0, 0.1) is 0 Å². The number of piperazine rings is 2. The van der Waals surface area contributed by atoms with Crippen LogP contribution in [0.4, 0.5) is 0 Å². The Morgan fingerprint density at radius 1 is 0.783 bits per heavy atom. The van der Waals surface area contributed by atoms with E-state index in [0.29, 0.717) is 11.6 Å². The molecule has 0 bridgehead atoms. The van der Waals surface area contributed by atoms with E-state index in [1.807, 2.05) is 18.2 Å². The third kappa shape index (κ3) is 10.9. The van der Waals surface area contributed by atoms with E-state index in [1.54, 1.807) is 7.11 Å². The number of hydrogen-bond donors (Lipinski definition) is 1. The molecule has 3 aromatic rings. The number of benzene rings is 3. The second-order valence-electron chi connectivity index (χ2n) is 12.2. The standard InChI is InChI=1S/C35H49N5O2.4ClH/c1-27(2)39-21-23-40(24-22-39)33(29-10-8-11-30(25-29)35(36)41)26-38-19-17-37(18-20-38)16-7-6-13-32-31-12-5-4-9-28(31)14-15-34(32)42-3;;;;/h4-5,8-12,14-15,25,27,33H,6-7,13,16-24,26H2,1-3H3,(H2,36,41);4*1H. The molecular weight excluding hydrogens is 664 g/mol. The van der Waals surface area contributed by atoms with E-state index < -0.39 is 0 Å². The van der Waals surface area contributed by atoms with Gasteiger partial charge in [-0.15, -0.1) is 49.6 Å². The van der Waals surface area contributed by atoms with Crippen LogP contribution >= 0.6 is 49.6 Å². The Morgan fingerprint density at radius 2 is 1.43 bits per heavy atom. The number of amides is 1. The minimum atomic E-state index is -0.354. The van der Waals surface area contributed by atoms with Crippen molar-refractivity contribution in [2.45, 2.75) is 45.2 Å². The van der Waals surface area contributed by atoms with E-state index in [4.69, 9.17) is 10.5 Å². The Balaban J connectivity index is 0.00000264. The largest absolute Gasteiger partial charge is 0.496 e. The fourth-order valence-electron chi connectivity index (χ4n) is 6.74. The van der Waals surface area contributed by atoms with Crippen LogP contribution in [-0.4, -0.2) is 104 Å². The number of halogens is 4. The minimum absolute atomic E-state index is 0. The number of unbranched alkanes of at least 4 members (excludes halogenated alkanes) is 1. The molecule has 0 saturated carbocycles. The van der Waals surface area contributed by atoms with Gasteiger partial charge in [0, 0.05) is 82.1 Å². The summed E-state index contributed by atoms with van der Waals surface area (Å²) in [4.78, 5) is 22.4. The van der Waals surface area contributed by atoms with Gasteiger partial charge >= 0.3 is 0 Å². The van der Waals surface area contributed by atoms with Gasteiger partial charge in [-0.05, 0) is 74.2 Å². The maximum absolute atomic E-state index is 12.0. The van der Waals surface area contributed by atoms with Crippen LogP contribution in [0.25, 0.3) is 10.8 Å². The van der Waals surface area contributed by atoms with Crippen LogP contribution in [0.3, 0.4) is 0 Å². The second kappa shape index (κ2) is 20.5. The molecule has 1 amide bonds. The van der Waals surface area contributed by atoms with Crippen LogP contribution < -0.4 is 10.5 Å². The molecule has 258 valence electrons. The lowest BCUT2D eigenvalue weighted by Crippen LogP contribution is -2.53. The van der Waals surface area contributed by atoms with Crippen LogP contribution in [-0.2, 0) is 6.42 Å². The molecule has 0 aromatic heterocycles. The van der Waals surface area contributed by atoms with E-state index in [2.05, 4.69) is 75.9 Å². The first-order chi connectivity index (χ1) is 20.4. The van der Waals surface area contributed by atoms with Gasteiger partial charge in [-0.1, -0.05) is 42.5 Å². The Bertz CT molecular complexity index is 1330. The number of nitrogens with zero attached hydrogens (tertiary/aromatic N) is 4. The van der Waals surface area contributed by atoms with Gasteiger partial charge in [-0.2, -0.15) is 0 Å². The zero-order chi connectivity index (χ0) is 29.5. The lowest BCUT2D eigenvalue weighted by molar-refractivity contribution is 0.0480. The fraction of sp³-hybridized carbons (Fsp3) is 0.514. The molecule has 0 aliphatic carbocycles. The summed E-state index contributed by atoms with van der Waals surface area (Å²) in [7, 11) is 1.78. The number of hydrogen-bond acceptors (Lipinski definition) is 6. The van der Waals surface area contributed by atoms with Crippen molar-refractivity contribution in [2.75, 3.05) is 72.6 Å². The number of ether oxygens (including phenoxy) is 1.